The van der Waals surface area contributed by atoms with Crippen LogP contribution in [0.3, 0.4) is 0 Å². The molecule has 1 aromatic carbocycles. The molecule has 0 bridgehead atoms. The first-order valence-corrected chi connectivity index (χ1v) is 9.47. The normalized spacial score (nSPS) is 14.2. The van der Waals surface area contributed by atoms with Gasteiger partial charge in [-0.25, -0.2) is 10.5 Å². The Bertz CT molecular complexity index is 737. The van der Waals surface area contributed by atoms with Crippen LogP contribution in [0.4, 0.5) is 11.6 Å². The van der Waals surface area contributed by atoms with Crippen LogP contribution in [0.2, 0.25) is 5.02 Å². The van der Waals surface area contributed by atoms with Crippen molar-refractivity contribution in [3.8, 4) is 0 Å². The maximum atomic E-state index is 11.9. The summed E-state index contributed by atoms with van der Waals surface area (Å²) in [5, 5.41) is 15.1. The van der Waals surface area contributed by atoms with Crippen LogP contribution in [-0.2, 0) is 4.79 Å². The third-order valence-electron chi connectivity index (χ3n) is 3.68. The quantitative estimate of drug-likeness (QED) is 0.523. The highest BCUT2D eigenvalue weighted by atomic mass is 35.5. The van der Waals surface area contributed by atoms with Crippen LogP contribution < -0.4 is 10.7 Å². The largest absolute Gasteiger partial charge is 0.325 e. The predicted octanol–water partition coefficient (Wildman–Crippen LogP) is 3.92. The molecule has 7 nitrogen and oxygen atoms in total. The fourth-order valence-corrected chi connectivity index (χ4v) is 3.15. The lowest BCUT2D eigenvalue weighted by atomic mass is 9.99. The molecule has 1 saturated carbocycles. The van der Waals surface area contributed by atoms with Crippen LogP contribution in [0.25, 0.3) is 0 Å². The van der Waals surface area contributed by atoms with E-state index >= 15 is 0 Å². The maximum absolute atomic E-state index is 11.9. The van der Waals surface area contributed by atoms with E-state index in [1.165, 1.54) is 36.7 Å². The van der Waals surface area contributed by atoms with Crippen LogP contribution in [-0.4, -0.2) is 32.6 Å². The zero-order valence-electron chi connectivity index (χ0n) is 13.6. The van der Waals surface area contributed by atoms with Gasteiger partial charge in [0.25, 0.3) is 0 Å². The van der Waals surface area contributed by atoms with E-state index in [4.69, 9.17) is 11.6 Å². The lowest BCUT2D eigenvalue weighted by Crippen LogP contribution is -2.13. The number of thioether (sulfide) groups is 1. The van der Waals surface area contributed by atoms with E-state index in [0.717, 1.165) is 12.8 Å². The highest BCUT2D eigenvalue weighted by molar-refractivity contribution is 7.99. The highest BCUT2D eigenvalue weighted by Gasteiger charge is 2.09. The van der Waals surface area contributed by atoms with E-state index in [1.807, 2.05) is 0 Å². The van der Waals surface area contributed by atoms with Crippen molar-refractivity contribution < 1.29 is 4.79 Å². The zero-order chi connectivity index (χ0) is 17.5. The fraction of sp³-hybridized carbons (Fsp3) is 0.375. The molecule has 1 aliphatic carbocycles. The number of hydrogen-bond acceptors (Lipinski definition) is 6. The molecule has 0 unspecified atom stereocenters. The van der Waals surface area contributed by atoms with Crippen molar-refractivity contribution in [1.29, 1.82) is 0 Å². The Balaban J connectivity index is 1.44. The number of nitrogens with zero attached hydrogens (tertiary/aromatic N) is 3. The summed E-state index contributed by atoms with van der Waals surface area (Å²) in [5.74, 6) is 0.571. The minimum absolute atomic E-state index is 0.130. The molecule has 0 aliphatic heterocycles. The van der Waals surface area contributed by atoms with E-state index < -0.39 is 0 Å². The summed E-state index contributed by atoms with van der Waals surface area (Å²) < 4.78 is 0. The topological polar surface area (TPSA) is 95.1 Å². The van der Waals surface area contributed by atoms with Crippen LogP contribution in [0, 0.1) is 0 Å². The minimum atomic E-state index is -0.130. The van der Waals surface area contributed by atoms with Gasteiger partial charge in [0.1, 0.15) is 0 Å². The zero-order valence-corrected chi connectivity index (χ0v) is 15.2. The summed E-state index contributed by atoms with van der Waals surface area (Å²) in [6, 6.07) is 6.96. The minimum Gasteiger partial charge on any atom is -0.325 e. The summed E-state index contributed by atoms with van der Waals surface area (Å²) in [7, 11) is 0. The van der Waals surface area contributed by atoms with Crippen molar-refractivity contribution >= 4 is 46.6 Å². The average Bonchev–Trinajstić information content (AvgIpc) is 3.09. The number of hydrazone groups is 1. The molecule has 1 amide bonds. The number of aromatic nitrogens is 3. The van der Waals surface area contributed by atoms with Gasteiger partial charge in [-0.05, 0) is 49.9 Å². The van der Waals surface area contributed by atoms with E-state index in [-0.39, 0.29) is 11.7 Å². The van der Waals surface area contributed by atoms with Gasteiger partial charge in [0.2, 0.25) is 17.0 Å². The van der Waals surface area contributed by atoms with Gasteiger partial charge in [-0.3, -0.25) is 4.79 Å². The second-order valence-electron chi connectivity index (χ2n) is 5.66. The number of halogens is 1. The summed E-state index contributed by atoms with van der Waals surface area (Å²) in [6.45, 7) is 0. The molecule has 1 heterocycles. The van der Waals surface area contributed by atoms with Gasteiger partial charge in [-0.2, -0.15) is 10.1 Å². The van der Waals surface area contributed by atoms with E-state index in [1.54, 1.807) is 24.3 Å². The SMILES string of the molecule is O=C(CSc1n[nH]c(NN=C2CCCCC2)n1)Nc1ccc(Cl)cc1. The Morgan fingerprint density at radius 2 is 2.00 bits per heavy atom. The Morgan fingerprint density at radius 1 is 1.24 bits per heavy atom. The van der Waals surface area contributed by atoms with Crippen molar-refractivity contribution in [2.75, 3.05) is 16.5 Å². The number of rotatable bonds is 6. The smallest absolute Gasteiger partial charge is 0.240 e. The number of amides is 1. The van der Waals surface area contributed by atoms with Crippen LogP contribution in [0.5, 0.6) is 0 Å². The second-order valence-corrected chi connectivity index (χ2v) is 7.04. The molecule has 0 atom stereocenters. The van der Waals surface area contributed by atoms with Gasteiger partial charge < -0.3 is 5.32 Å². The highest BCUT2D eigenvalue weighted by Crippen LogP contribution is 2.18. The molecule has 0 spiro atoms. The van der Waals surface area contributed by atoms with Crippen LogP contribution >= 0.6 is 23.4 Å². The third-order valence-corrected chi connectivity index (χ3v) is 4.78. The molecular weight excluding hydrogens is 360 g/mol. The third kappa shape index (κ3) is 5.75. The molecule has 3 rings (SSSR count). The van der Waals surface area contributed by atoms with Crippen molar-refractivity contribution in [2.24, 2.45) is 5.10 Å². The number of benzene rings is 1. The molecule has 3 N–H and O–H groups in total. The van der Waals surface area contributed by atoms with Crippen molar-refractivity contribution in [3.63, 3.8) is 0 Å². The molecule has 2 aromatic rings. The summed E-state index contributed by atoms with van der Waals surface area (Å²) >= 11 is 7.07. The Labute approximate surface area is 155 Å². The molecule has 1 aliphatic rings. The van der Waals surface area contributed by atoms with Gasteiger partial charge in [0.15, 0.2) is 0 Å². The summed E-state index contributed by atoms with van der Waals surface area (Å²) in [4.78, 5) is 16.2. The van der Waals surface area contributed by atoms with Gasteiger partial charge >= 0.3 is 0 Å². The Morgan fingerprint density at radius 3 is 2.76 bits per heavy atom. The fourth-order valence-electron chi connectivity index (χ4n) is 2.43. The predicted molar refractivity (Wildman–Crippen MR) is 101 cm³/mol. The number of carbonyl (C=O) groups excluding carboxylic acids is 1. The van der Waals surface area contributed by atoms with Gasteiger partial charge in [-0.15, -0.1) is 5.10 Å². The Hall–Kier alpha value is -2.06. The first kappa shape index (κ1) is 17.8. The Kier molecular flexibility index (Phi) is 6.30. The summed E-state index contributed by atoms with van der Waals surface area (Å²) in [5.41, 5.74) is 4.77. The standard InChI is InChI=1S/C16H19ClN6OS/c17-11-6-8-12(9-7-11)18-14(24)10-25-16-19-15(22-23-16)21-20-13-4-2-1-3-5-13/h6-9H,1-5,10H2,(H,18,24)(H2,19,21,22,23). The van der Waals surface area contributed by atoms with Gasteiger partial charge in [0, 0.05) is 16.4 Å². The molecule has 25 heavy (non-hydrogen) atoms. The number of hydrogen-bond donors (Lipinski definition) is 3. The van der Waals surface area contributed by atoms with Gasteiger partial charge in [-0.1, -0.05) is 29.8 Å². The van der Waals surface area contributed by atoms with Crippen LogP contribution in [0.1, 0.15) is 32.1 Å². The molecule has 0 radical (unpaired) electrons. The summed E-state index contributed by atoms with van der Waals surface area (Å²) in [6.07, 6.45) is 5.74. The monoisotopic (exact) mass is 378 g/mol. The first-order chi connectivity index (χ1) is 12.2. The maximum Gasteiger partial charge on any atom is 0.240 e. The number of anilines is 2. The average molecular weight is 379 g/mol. The van der Waals surface area contributed by atoms with Gasteiger partial charge in [0.05, 0.1) is 5.75 Å². The molecule has 0 saturated heterocycles. The van der Waals surface area contributed by atoms with Crippen molar-refractivity contribution in [1.82, 2.24) is 15.2 Å². The molecular formula is C16H19ClN6OS. The number of H-pyrrole nitrogens is 1. The second kappa shape index (κ2) is 8.87. The number of nitrogens with one attached hydrogen (secondary N) is 3. The number of carbonyl (C=O) groups is 1. The lowest BCUT2D eigenvalue weighted by molar-refractivity contribution is -0.113. The van der Waals surface area contributed by atoms with Crippen molar-refractivity contribution in [2.45, 2.75) is 37.3 Å². The first-order valence-electron chi connectivity index (χ1n) is 8.11. The molecule has 9 heteroatoms. The van der Waals surface area contributed by atoms with E-state index in [0.29, 0.717) is 21.8 Å². The molecule has 132 valence electrons. The van der Waals surface area contributed by atoms with E-state index in [9.17, 15) is 4.79 Å². The lowest BCUT2D eigenvalue weighted by Gasteiger charge is -2.11. The molecule has 1 aromatic heterocycles. The number of aromatic amines is 1. The van der Waals surface area contributed by atoms with Crippen molar-refractivity contribution in [3.05, 3.63) is 29.3 Å². The molecule has 1 fully saturated rings. The van der Waals surface area contributed by atoms with Crippen LogP contribution in [0.15, 0.2) is 34.5 Å². The van der Waals surface area contributed by atoms with E-state index in [2.05, 4.69) is 31.0 Å².